The van der Waals surface area contributed by atoms with Crippen LogP contribution in [-0.2, 0) is 0 Å². The number of hydrogen-bond acceptors (Lipinski definition) is 6. The van der Waals surface area contributed by atoms with Gasteiger partial charge in [-0.25, -0.2) is 0 Å². The van der Waals surface area contributed by atoms with Crippen LogP contribution in [0, 0.1) is 10.1 Å². The highest BCUT2D eigenvalue weighted by molar-refractivity contribution is 5.63. The topological polar surface area (TPSA) is 102 Å². The van der Waals surface area contributed by atoms with Gasteiger partial charge in [0, 0.05) is 17.7 Å². The number of para-hydroxylation sites is 1. The van der Waals surface area contributed by atoms with Gasteiger partial charge in [0.05, 0.1) is 10.5 Å². The molecule has 2 aromatic carbocycles. The monoisotopic (exact) mass is 283 g/mol. The van der Waals surface area contributed by atoms with Gasteiger partial charge >= 0.3 is 0 Å². The number of rotatable bonds is 3. The van der Waals surface area contributed by atoms with Crippen LogP contribution in [-0.4, -0.2) is 20.2 Å². The number of hydrogen-bond donors (Lipinski definition) is 1. The molecule has 7 nitrogen and oxygen atoms in total. The predicted octanol–water partition coefficient (Wildman–Crippen LogP) is 3.02. The fraction of sp³-hybridized carbons (Fsp3) is 0. The van der Waals surface area contributed by atoms with Crippen LogP contribution in [0.5, 0.6) is 5.75 Å². The van der Waals surface area contributed by atoms with Crippen LogP contribution in [0.3, 0.4) is 0 Å². The van der Waals surface area contributed by atoms with Gasteiger partial charge in [-0.05, 0) is 24.3 Å². The molecule has 104 valence electrons. The van der Waals surface area contributed by atoms with Crippen molar-refractivity contribution in [1.82, 2.24) is 10.2 Å². The van der Waals surface area contributed by atoms with Gasteiger partial charge in [-0.15, -0.1) is 10.2 Å². The highest BCUT2D eigenvalue weighted by Gasteiger charge is 2.14. The molecule has 0 fully saturated rings. The van der Waals surface area contributed by atoms with E-state index in [-0.39, 0.29) is 23.2 Å². The predicted molar refractivity (Wildman–Crippen MR) is 73.5 cm³/mol. The number of phenols is 1. The third kappa shape index (κ3) is 2.44. The fourth-order valence-electron chi connectivity index (χ4n) is 1.83. The third-order valence-electron chi connectivity index (χ3n) is 2.88. The van der Waals surface area contributed by atoms with E-state index in [1.165, 1.54) is 30.3 Å². The Hall–Kier alpha value is -3.22. The van der Waals surface area contributed by atoms with E-state index in [9.17, 15) is 15.2 Å². The van der Waals surface area contributed by atoms with Crippen molar-refractivity contribution in [2.24, 2.45) is 0 Å². The molecule has 0 amide bonds. The lowest BCUT2D eigenvalue weighted by atomic mass is 10.2. The summed E-state index contributed by atoms with van der Waals surface area (Å²) in [5.74, 6) is 0.445. The average molecular weight is 283 g/mol. The summed E-state index contributed by atoms with van der Waals surface area (Å²) in [5, 5.41) is 28.1. The van der Waals surface area contributed by atoms with Crippen molar-refractivity contribution >= 4 is 5.69 Å². The molecular formula is C14H9N3O4. The molecule has 0 unspecified atom stereocenters. The smallest absolute Gasteiger partial charge is 0.269 e. The van der Waals surface area contributed by atoms with Crippen LogP contribution in [0.4, 0.5) is 5.69 Å². The van der Waals surface area contributed by atoms with Crippen molar-refractivity contribution in [3.05, 3.63) is 58.6 Å². The molecule has 0 aliphatic rings. The minimum Gasteiger partial charge on any atom is -0.507 e. The molecule has 21 heavy (non-hydrogen) atoms. The first-order valence-electron chi connectivity index (χ1n) is 6.02. The van der Waals surface area contributed by atoms with E-state index in [4.69, 9.17) is 4.42 Å². The number of aromatic nitrogens is 2. The van der Waals surface area contributed by atoms with Crippen molar-refractivity contribution in [1.29, 1.82) is 0 Å². The van der Waals surface area contributed by atoms with Crippen LogP contribution in [0.25, 0.3) is 22.9 Å². The SMILES string of the molecule is O=[N+]([O-])c1ccc(-c2nnc(-c3ccccc3O)o2)cc1. The Labute approximate surface area is 118 Å². The number of phenolic OH excluding ortho intramolecular Hbond substituents is 1. The van der Waals surface area contributed by atoms with E-state index < -0.39 is 4.92 Å². The lowest BCUT2D eigenvalue weighted by Gasteiger charge is -1.97. The number of nitro groups is 1. The van der Waals surface area contributed by atoms with E-state index in [0.29, 0.717) is 11.1 Å². The van der Waals surface area contributed by atoms with Gasteiger partial charge in [-0.2, -0.15) is 0 Å². The lowest BCUT2D eigenvalue weighted by molar-refractivity contribution is -0.384. The van der Waals surface area contributed by atoms with Crippen LogP contribution >= 0.6 is 0 Å². The largest absolute Gasteiger partial charge is 0.507 e. The zero-order valence-corrected chi connectivity index (χ0v) is 10.6. The van der Waals surface area contributed by atoms with Crippen molar-refractivity contribution in [2.45, 2.75) is 0 Å². The normalized spacial score (nSPS) is 10.5. The minimum absolute atomic E-state index is 0.0146. The molecule has 0 aliphatic heterocycles. The second-order valence-electron chi connectivity index (χ2n) is 4.23. The molecule has 0 aliphatic carbocycles. The molecule has 0 atom stereocenters. The van der Waals surface area contributed by atoms with Gasteiger partial charge in [-0.1, -0.05) is 12.1 Å². The van der Waals surface area contributed by atoms with Crippen molar-refractivity contribution in [3.8, 4) is 28.7 Å². The summed E-state index contributed by atoms with van der Waals surface area (Å²) in [4.78, 5) is 10.1. The first kappa shape index (κ1) is 12.8. The maximum absolute atomic E-state index is 10.6. The summed E-state index contributed by atoms with van der Waals surface area (Å²) in [5.41, 5.74) is 0.979. The number of nitro benzene ring substituents is 1. The van der Waals surface area contributed by atoms with Crippen LogP contribution in [0.15, 0.2) is 52.9 Å². The van der Waals surface area contributed by atoms with Gasteiger partial charge in [-0.3, -0.25) is 10.1 Å². The Morgan fingerprint density at radius 3 is 2.33 bits per heavy atom. The van der Waals surface area contributed by atoms with E-state index in [1.807, 2.05) is 0 Å². The molecule has 1 aromatic heterocycles. The lowest BCUT2D eigenvalue weighted by Crippen LogP contribution is -1.87. The molecule has 0 spiro atoms. The molecule has 1 heterocycles. The number of nitrogens with zero attached hydrogens (tertiary/aromatic N) is 3. The summed E-state index contributed by atoms with van der Waals surface area (Å²) in [6.07, 6.45) is 0. The summed E-state index contributed by atoms with van der Waals surface area (Å²) >= 11 is 0. The Morgan fingerprint density at radius 2 is 1.67 bits per heavy atom. The molecule has 0 saturated heterocycles. The number of non-ortho nitro benzene ring substituents is 1. The molecule has 0 saturated carbocycles. The van der Waals surface area contributed by atoms with Crippen molar-refractivity contribution in [3.63, 3.8) is 0 Å². The van der Waals surface area contributed by atoms with Crippen LogP contribution in [0.1, 0.15) is 0 Å². The standard InChI is InChI=1S/C14H9N3O4/c18-12-4-2-1-3-11(12)14-16-15-13(21-14)9-5-7-10(8-6-9)17(19)20/h1-8,18H. The van der Waals surface area contributed by atoms with Crippen molar-refractivity contribution < 1.29 is 14.4 Å². The minimum atomic E-state index is -0.481. The molecular weight excluding hydrogens is 274 g/mol. The number of benzene rings is 2. The maximum Gasteiger partial charge on any atom is 0.269 e. The zero-order chi connectivity index (χ0) is 14.8. The van der Waals surface area contributed by atoms with Gasteiger partial charge in [0.25, 0.3) is 11.6 Å². The second-order valence-corrected chi connectivity index (χ2v) is 4.23. The Morgan fingerprint density at radius 1 is 1.00 bits per heavy atom. The first-order chi connectivity index (χ1) is 10.1. The highest BCUT2D eigenvalue weighted by atomic mass is 16.6. The quantitative estimate of drug-likeness (QED) is 0.585. The van der Waals surface area contributed by atoms with Crippen molar-refractivity contribution in [2.75, 3.05) is 0 Å². The van der Waals surface area contributed by atoms with Gasteiger partial charge < -0.3 is 9.52 Å². The molecule has 7 heteroatoms. The summed E-state index contributed by atoms with van der Waals surface area (Å²) in [7, 11) is 0. The average Bonchev–Trinajstić information content (AvgIpc) is 2.97. The maximum atomic E-state index is 10.6. The Kier molecular flexibility index (Phi) is 3.07. The molecule has 1 N–H and O–H groups in total. The number of aromatic hydroxyl groups is 1. The molecule has 3 aromatic rings. The Balaban J connectivity index is 1.95. The summed E-state index contributed by atoms with van der Waals surface area (Å²) < 4.78 is 5.48. The van der Waals surface area contributed by atoms with Crippen LogP contribution < -0.4 is 0 Å². The van der Waals surface area contributed by atoms with Gasteiger partial charge in [0.1, 0.15) is 5.75 Å². The molecule has 3 rings (SSSR count). The summed E-state index contributed by atoms with van der Waals surface area (Å²) in [6.45, 7) is 0. The van der Waals surface area contributed by atoms with E-state index >= 15 is 0 Å². The molecule has 0 radical (unpaired) electrons. The van der Waals surface area contributed by atoms with E-state index in [2.05, 4.69) is 10.2 Å². The fourth-order valence-corrected chi connectivity index (χ4v) is 1.83. The van der Waals surface area contributed by atoms with E-state index in [0.717, 1.165) is 0 Å². The molecule has 0 bridgehead atoms. The highest BCUT2D eigenvalue weighted by Crippen LogP contribution is 2.30. The Bertz CT molecular complexity index is 796. The zero-order valence-electron chi connectivity index (χ0n) is 10.6. The van der Waals surface area contributed by atoms with E-state index in [1.54, 1.807) is 18.2 Å². The second kappa shape index (κ2) is 5.04. The van der Waals surface area contributed by atoms with Gasteiger partial charge in [0.15, 0.2) is 0 Å². The summed E-state index contributed by atoms with van der Waals surface area (Å²) in [6, 6.07) is 12.4. The van der Waals surface area contributed by atoms with Crippen LogP contribution in [0.2, 0.25) is 0 Å². The third-order valence-corrected chi connectivity index (χ3v) is 2.88. The van der Waals surface area contributed by atoms with Gasteiger partial charge in [0.2, 0.25) is 5.89 Å². The first-order valence-corrected chi connectivity index (χ1v) is 6.02.